The van der Waals surface area contributed by atoms with Crippen molar-refractivity contribution in [3.8, 4) is 11.5 Å². The van der Waals surface area contributed by atoms with Gasteiger partial charge >= 0.3 is 0 Å². The van der Waals surface area contributed by atoms with Crippen molar-refractivity contribution in [1.29, 1.82) is 0 Å². The predicted octanol–water partition coefficient (Wildman–Crippen LogP) is 4.58. The van der Waals surface area contributed by atoms with E-state index in [2.05, 4.69) is 28.6 Å². The van der Waals surface area contributed by atoms with E-state index in [1.54, 1.807) is 11.3 Å². The van der Waals surface area contributed by atoms with Gasteiger partial charge in [0, 0.05) is 29.8 Å². The van der Waals surface area contributed by atoms with Gasteiger partial charge in [-0.2, -0.15) is 0 Å². The summed E-state index contributed by atoms with van der Waals surface area (Å²) in [4.78, 5) is 16.3. The van der Waals surface area contributed by atoms with Crippen LogP contribution in [0.4, 0.5) is 0 Å². The molecule has 140 valence electrons. The van der Waals surface area contributed by atoms with Gasteiger partial charge in [0.1, 0.15) is 0 Å². The van der Waals surface area contributed by atoms with E-state index in [0.717, 1.165) is 24.9 Å². The fourth-order valence-electron chi connectivity index (χ4n) is 3.66. The Morgan fingerprint density at radius 3 is 2.85 bits per heavy atom. The second kappa shape index (κ2) is 7.64. The minimum Gasteiger partial charge on any atom is -0.421 e. The third-order valence-electron chi connectivity index (χ3n) is 5.12. The molecule has 2 aromatic heterocycles. The highest BCUT2D eigenvalue weighted by Crippen LogP contribution is 2.35. The number of nitrogens with zero attached hydrogens (tertiary/aromatic N) is 3. The number of rotatable bonds is 5. The minimum absolute atomic E-state index is 0.161. The lowest BCUT2D eigenvalue weighted by atomic mass is 9.97. The standard InChI is InChI=1S/C21H23N3O2S/c1-3-17-16-11-13-27-18(16)10-12-24(17)20(25)9-8-19-22-23-21(26-19)15-6-4-14(2)5-7-15/h4-7,11,13,17H,3,8-10,12H2,1-2H3/t17-/m1/s1. The van der Waals surface area contributed by atoms with Gasteiger partial charge in [0.2, 0.25) is 17.7 Å². The summed E-state index contributed by atoms with van der Waals surface area (Å²) in [6, 6.07) is 10.3. The molecule has 27 heavy (non-hydrogen) atoms. The fourth-order valence-corrected chi connectivity index (χ4v) is 4.59. The van der Waals surface area contributed by atoms with E-state index in [4.69, 9.17) is 4.42 Å². The van der Waals surface area contributed by atoms with Gasteiger partial charge in [0.15, 0.2) is 0 Å². The van der Waals surface area contributed by atoms with Crippen molar-refractivity contribution in [3.63, 3.8) is 0 Å². The summed E-state index contributed by atoms with van der Waals surface area (Å²) in [7, 11) is 0. The minimum atomic E-state index is 0.161. The Balaban J connectivity index is 1.40. The molecule has 3 aromatic rings. The molecule has 1 atom stereocenters. The molecule has 0 unspecified atom stereocenters. The summed E-state index contributed by atoms with van der Waals surface area (Å²) in [5.41, 5.74) is 3.41. The first-order valence-corrected chi connectivity index (χ1v) is 10.3. The Hall–Kier alpha value is -2.47. The Kier molecular flexibility index (Phi) is 5.07. The van der Waals surface area contributed by atoms with Crippen molar-refractivity contribution in [3.05, 3.63) is 57.6 Å². The van der Waals surface area contributed by atoms with Gasteiger partial charge in [0.25, 0.3) is 0 Å². The SMILES string of the molecule is CC[C@@H]1c2ccsc2CCN1C(=O)CCc1nnc(-c2ccc(C)cc2)o1. The summed E-state index contributed by atoms with van der Waals surface area (Å²) < 4.78 is 5.75. The number of thiophene rings is 1. The molecular weight excluding hydrogens is 358 g/mol. The number of benzene rings is 1. The molecule has 0 aliphatic carbocycles. The average Bonchev–Trinajstić information content (AvgIpc) is 3.35. The third kappa shape index (κ3) is 3.67. The van der Waals surface area contributed by atoms with Gasteiger partial charge < -0.3 is 9.32 Å². The molecule has 0 spiro atoms. The fraction of sp³-hybridized carbons (Fsp3) is 0.381. The molecule has 1 aromatic carbocycles. The van der Waals surface area contributed by atoms with Crippen LogP contribution in [0.15, 0.2) is 40.1 Å². The van der Waals surface area contributed by atoms with Crippen LogP contribution in [-0.2, 0) is 17.6 Å². The normalized spacial score (nSPS) is 16.4. The van der Waals surface area contributed by atoms with E-state index >= 15 is 0 Å². The summed E-state index contributed by atoms with van der Waals surface area (Å²) in [6.07, 6.45) is 2.76. The van der Waals surface area contributed by atoms with Crippen LogP contribution in [0.5, 0.6) is 0 Å². The summed E-state index contributed by atoms with van der Waals surface area (Å²) >= 11 is 1.80. The zero-order valence-corrected chi connectivity index (χ0v) is 16.5. The number of carbonyl (C=O) groups excluding carboxylic acids is 1. The number of aromatic nitrogens is 2. The lowest BCUT2D eigenvalue weighted by Crippen LogP contribution is -2.39. The van der Waals surface area contributed by atoms with Crippen molar-refractivity contribution in [1.82, 2.24) is 15.1 Å². The maximum absolute atomic E-state index is 12.8. The highest BCUT2D eigenvalue weighted by Gasteiger charge is 2.30. The zero-order valence-electron chi connectivity index (χ0n) is 15.6. The molecule has 1 amide bonds. The van der Waals surface area contributed by atoms with Crippen LogP contribution in [0.1, 0.15) is 47.7 Å². The maximum Gasteiger partial charge on any atom is 0.247 e. The predicted molar refractivity (Wildman–Crippen MR) is 106 cm³/mol. The molecule has 4 rings (SSSR count). The summed E-state index contributed by atoms with van der Waals surface area (Å²) in [5.74, 6) is 1.18. The van der Waals surface area contributed by atoms with Crippen LogP contribution in [0.3, 0.4) is 0 Å². The first-order valence-electron chi connectivity index (χ1n) is 9.41. The number of aryl methyl sites for hydroxylation is 2. The van der Waals surface area contributed by atoms with Crippen LogP contribution < -0.4 is 0 Å². The van der Waals surface area contributed by atoms with Gasteiger partial charge in [-0.1, -0.05) is 24.6 Å². The molecule has 0 fully saturated rings. The molecule has 0 saturated heterocycles. The number of hydrogen-bond acceptors (Lipinski definition) is 5. The largest absolute Gasteiger partial charge is 0.421 e. The smallest absolute Gasteiger partial charge is 0.247 e. The monoisotopic (exact) mass is 381 g/mol. The van der Waals surface area contributed by atoms with Crippen LogP contribution in [0.2, 0.25) is 0 Å². The van der Waals surface area contributed by atoms with Gasteiger partial charge in [-0.05, 0) is 48.9 Å². The Labute approximate surface area is 163 Å². The van der Waals surface area contributed by atoms with Gasteiger partial charge in [-0.3, -0.25) is 4.79 Å². The van der Waals surface area contributed by atoms with Crippen molar-refractivity contribution >= 4 is 17.2 Å². The molecule has 0 saturated carbocycles. The van der Waals surface area contributed by atoms with E-state index in [9.17, 15) is 4.79 Å². The summed E-state index contributed by atoms with van der Waals surface area (Å²) in [5, 5.41) is 10.4. The molecule has 0 bridgehead atoms. The van der Waals surface area contributed by atoms with Crippen molar-refractivity contribution in [2.45, 2.75) is 45.6 Å². The molecular formula is C21H23N3O2S. The molecule has 1 aliphatic rings. The first kappa shape index (κ1) is 17.9. The van der Waals surface area contributed by atoms with Crippen molar-refractivity contribution < 1.29 is 9.21 Å². The first-order chi connectivity index (χ1) is 13.2. The van der Waals surface area contributed by atoms with Crippen LogP contribution >= 0.6 is 11.3 Å². The highest BCUT2D eigenvalue weighted by atomic mass is 32.1. The van der Waals surface area contributed by atoms with E-state index in [0.29, 0.717) is 24.6 Å². The molecule has 3 heterocycles. The number of amides is 1. The van der Waals surface area contributed by atoms with Crippen LogP contribution in [0.25, 0.3) is 11.5 Å². The second-order valence-electron chi connectivity index (χ2n) is 6.93. The molecule has 5 nitrogen and oxygen atoms in total. The molecule has 6 heteroatoms. The number of hydrogen-bond donors (Lipinski definition) is 0. The summed E-state index contributed by atoms with van der Waals surface area (Å²) in [6.45, 7) is 4.98. The van der Waals surface area contributed by atoms with Gasteiger partial charge in [-0.25, -0.2) is 0 Å². The van der Waals surface area contributed by atoms with Crippen LogP contribution in [-0.4, -0.2) is 27.5 Å². The molecule has 0 N–H and O–H groups in total. The Morgan fingerprint density at radius 2 is 2.07 bits per heavy atom. The number of carbonyl (C=O) groups is 1. The Morgan fingerprint density at radius 1 is 1.26 bits per heavy atom. The van der Waals surface area contributed by atoms with E-state index in [1.165, 1.54) is 16.0 Å². The molecule has 0 radical (unpaired) electrons. The highest BCUT2D eigenvalue weighted by molar-refractivity contribution is 7.10. The maximum atomic E-state index is 12.8. The quantitative estimate of drug-likeness (QED) is 0.649. The van der Waals surface area contributed by atoms with E-state index < -0.39 is 0 Å². The van der Waals surface area contributed by atoms with Gasteiger partial charge in [0.05, 0.1) is 6.04 Å². The van der Waals surface area contributed by atoms with Gasteiger partial charge in [-0.15, -0.1) is 21.5 Å². The van der Waals surface area contributed by atoms with E-state index in [1.807, 2.05) is 36.1 Å². The van der Waals surface area contributed by atoms with E-state index in [-0.39, 0.29) is 11.9 Å². The van der Waals surface area contributed by atoms with Crippen molar-refractivity contribution in [2.75, 3.05) is 6.54 Å². The van der Waals surface area contributed by atoms with Crippen LogP contribution in [0, 0.1) is 6.92 Å². The lowest BCUT2D eigenvalue weighted by molar-refractivity contribution is -0.134. The molecule has 1 aliphatic heterocycles. The average molecular weight is 382 g/mol. The Bertz CT molecular complexity index is 929. The third-order valence-corrected chi connectivity index (χ3v) is 6.12. The second-order valence-corrected chi connectivity index (χ2v) is 7.93. The van der Waals surface area contributed by atoms with Crippen molar-refractivity contribution in [2.24, 2.45) is 0 Å². The zero-order chi connectivity index (χ0) is 18.8. The lowest BCUT2D eigenvalue weighted by Gasteiger charge is -2.35. The topological polar surface area (TPSA) is 59.2 Å². The number of fused-ring (bicyclic) bond motifs is 1.